The maximum Gasteiger partial charge on any atom is 0.326 e. The van der Waals surface area contributed by atoms with Crippen molar-refractivity contribution in [3.63, 3.8) is 0 Å². The SMILES string of the molecule is Cc1ccc([C@@H]2C[C@@H]2C(=O)N2CCCC[C@@H]2C(=O)O)s1. The van der Waals surface area contributed by atoms with Crippen molar-refractivity contribution in [2.24, 2.45) is 5.92 Å². The van der Waals surface area contributed by atoms with Gasteiger partial charge in [0, 0.05) is 28.1 Å². The molecule has 1 aromatic heterocycles. The lowest BCUT2D eigenvalue weighted by atomic mass is 10.0. The maximum atomic E-state index is 12.5. The van der Waals surface area contributed by atoms with Crippen molar-refractivity contribution >= 4 is 23.2 Å². The van der Waals surface area contributed by atoms with Gasteiger partial charge in [-0.2, -0.15) is 0 Å². The van der Waals surface area contributed by atoms with Crippen LogP contribution in [0.15, 0.2) is 12.1 Å². The van der Waals surface area contributed by atoms with Gasteiger partial charge in [0.05, 0.1) is 0 Å². The normalized spacial score (nSPS) is 29.2. The van der Waals surface area contributed by atoms with Crippen LogP contribution in [0.1, 0.15) is 41.4 Å². The summed E-state index contributed by atoms with van der Waals surface area (Å²) in [4.78, 5) is 27.9. The number of amides is 1. The van der Waals surface area contributed by atoms with Gasteiger partial charge in [-0.3, -0.25) is 4.79 Å². The molecule has 1 aliphatic carbocycles. The molecule has 0 radical (unpaired) electrons. The second kappa shape index (κ2) is 5.20. The van der Waals surface area contributed by atoms with E-state index in [9.17, 15) is 14.7 Å². The van der Waals surface area contributed by atoms with Gasteiger partial charge in [0.1, 0.15) is 6.04 Å². The molecule has 3 atom stereocenters. The first-order chi connectivity index (χ1) is 9.58. The summed E-state index contributed by atoms with van der Waals surface area (Å²) in [7, 11) is 0. The molecule has 0 bridgehead atoms. The van der Waals surface area contributed by atoms with Crippen LogP contribution >= 0.6 is 11.3 Å². The molecule has 0 spiro atoms. The maximum absolute atomic E-state index is 12.5. The monoisotopic (exact) mass is 293 g/mol. The fraction of sp³-hybridized carbons (Fsp3) is 0.600. The molecular weight excluding hydrogens is 274 g/mol. The van der Waals surface area contributed by atoms with E-state index >= 15 is 0 Å². The number of piperidine rings is 1. The number of carboxylic acids is 1. The largest absolute Gasteiger partial charge is 0.480 e. The molecule has 1 saturated heterocycles. The lowest BCUT2D eigenvalue weighted by Gasteiger charge is -2.33. The summed E-state index contributed by atoms with van der Waals surface area (Å²) in [5.74, 6) is -0.485. The predicted octanol–water partition coefficient (Wildman–Crippen LogP) is 2.63. The van der Waals surface area contributed by atoms with E-state index in [2.05, 4.69) is 19.1 Å². The standard InChI is InChI=1S/C15H19NO3S/c1-9-5-6-13(20-9)10-8-11(10)14(17)16-7-3-2-4-12(16)15(18)19/h5-6,10-12H,2-4,7-8H2,1H3,(H,18,19)/t10-,11+,12-/m1/s1. The van der Waals surface area contributed by atoms with Crippen molar-refractivity contribution in [2.45, 2.75) is 44.6 Å². The fourth-order valence-electron chi connectivity index (χ4n) is 3.10. The molecule has 0 aromatic carbocycles. The highest BCUT2D eigenvalue weighted by Crippen LogP contribution is 2.51. The Morgan fingerprint density at radius 3 is 2.80 bits per heavy atom. The Morgan fingerprint density at radius 2 is 2.15 bits per heavy atom. The van der Waals surface area contributed by atoms with Gasteiger partial charge in [-0.05, 0) is 44.7 Å². The van der Waals surface area contributed by atoms with E-state index in [1.807, 2.05) is 0 Å². The van der Waals surface area contributed by atoms with Crippen LogP contribution in [-0.2, 0) is 9.59 Å². The number of carbonyl (C=O) groups excluding carboxylic acids is 1. The summed E-state index contributed by atoms with van der Waals surface area (Å²) >= 11 is 1.75. The van der Waals surface area contributed by atoms with Crippen molar-refractivity contribution in [1.29, 1.82) is 0 Å². The molecule has 4 nitrogen and oxygen atoms in total. The highest BCUT2D eigenvalue weighted by Gasteiger charge is 2.48. The van der Waals surface area contributed by atoms with Gasteiger partial charge in [0.2, 0.25) is 5.91 Å². The van der Waals surface area contributed by atoms with Crippen molar-refractivity contribution in [1.82, 2.24) is 4.90 Å². The predicted molar refractivity (Wildman–Crippen MR) is 76.9 cm³/mol. The Labute approximate surface area is 122 Å². The molecular formula is C15H19NO3S. The van der Waals surface area contributed by atoms with Gasteiger partial charge >= 0.3 is 5.97 Å². The van der Waals surface area contributed by atoms with Gasteiger partial charge in [0.25, 0.3) is 0 Å². The Balaban J connectivity index is 1.69. The highest BCUT2D eigenvalue weighted by atomic mass is 32.1. The molecule has 20 heavy (non-hydrogen) atoms. The number of aryl methyl sites for hydroxylation is 1. The molecule has 1 saturated carbocycles. The molecule has 108 valence electrons. The van der Waals surface area contributed by atoms with Crippen LogP contribution in [0.2, 0.25) is 0 Å². The van der Waals surface area contributed by atoms with E-state index in [-0.39, 0.29) is 11.8 Å². The third-order valence-corrected chi connectivity index (χ3v) is 5.44. The molecule has 0 unspecified atom stereocenters. The number of aliphatic carboxylic acids is 1. The smallest absolute Gasteiger partial charge is 0.326 e. The van der Waals surface area contributed by atoms with Crippen LogP contribution in [0, 0.1) is 12.8 Å². The van der Waals surface area contributed by atoms with Crippen molar-refractivity contribution in [3.05, 3.63) is 21.9 Å². The number of carbonyl (C=O) groups is 2. The molecule has 3 rings (SSSR count). The number of carboxylic acid groups (broad SMARTS) is 1. The second-order valence-electron chi connectivity index (χ2n) is 5.78. The molecule has 1 N–H and O–H groups in total. The summed E-state index contributed by atoms with van der Waals surface area (Å²) in [5.41, 5.74) is 0. The molecule has 1 aliphatic heterocycles. The first kappa shape index (κ1) is 13.6. The molecule has 1 amide bonds. The van der Waals surface area contributed by atoms with Crippen molar-refractivity contribution in [2.75, 3.05) is 6.54 Å². The van der Waals surface area contributed by atoms with Crippen LogP contribution in [0.4, 0.5) is 0 Å². The van der Waals surface area contributed by atoms with Gasteiger partial charge in [-0.25, -0.2) is 4.79 Å². The summed E-state index contributed by atoms with van der Waals surface area (Å²) in [6, 6.07) is 3.58. The first-order valence-corrected chi connectivity index (χ1v) is 7.99. The van der Waals surface area contributed by atoms with Crippen LogP contribution < -0.4 is 0 Å². The van der Waals surface area contributed by atoms with Crippen LogP contribution in [0.5, 0.6) is 0 Å². The Bertz CT molecular complexity index is 539. The van der Waals surface area contributed by atoms with Gasteiger partial charge in [-0.1, -0.05) is 0 Å². The highest BCUT2D eigenvalue weighted by molar-refractivity contribution is 7.12. The Hall–Kier alpha value is -1.36. The van der Waals surface area contributed by atoms with Crippen LogP contribution in [-0.4, -0.2) is 34.5 Å². The van der Waals surface area contributed by atoms with E-state index in [1.54, 1.807) is 16.2 Å². The average Bonchev–Trinajstić information content (AvgIpc) is 3.13. The number of hydrogen-bond acceptors (Lipinski definition) is 3. The molecule has 5 heteroatoms. The van der Waals surface area contributed by atoms with E-state index in [1.165, 1.54) is 9.75 Å². The number of rotatable bonds is 3. The second-order valence-corrected chi connectivity index (χ2v) is 7.10. The number of likely N-dealkylation sites (tertiary alicyclic amines) is 1. The van der Waals surface area contributed by atoms with Gasteiger partial charge in [-0.15, -0.1) is 11.3 Å². The summed E-state index contributed by atoms with van der Waals surface area (Å²) < 4.78 is 0. The summed E-state index contributed by atoms with van der Waals surface area (Å²) in [6.45, 7) is 2.67. The van der Waals surface area contributed by atoms with Crippen LogP contribution in [0.25, 0.3) is 0 Å². The van der Waals surface area contributed by atoms with Crippen LogP contribution in [0.3, 0.4) is 0 Å². The van der Waals surface area contributed by atoms with Crippen molar-refractivity contribution < 1.29 is 14.7 Å². The third kappa shape index (κ3) is 2.46. The molecule has 2 heterocycles. The van der Waals surface area contributed by atoms with Crippen molar-refractivity contribution in [3.8, 4) is 0 Å². The number of thiophene rings is 1. The van der Waals surface area contributed by atoms with Gasteiger partial charge < -0.3 is 10.0 Å². The van der Waals surface area contributed by atoms with E-state index in [0.29, 0.717) is 18.9 Å². The first-order valence-electron chi connectivity index (χ1n) is 7.17. The fourth-order valence-corrected chi connectivity index (χ4v) is 4.16. The Kier molecular flexibility index (Phi) is 3.54. The topological polar surface area (TPSA) is 57.6 Å². The molecule has 1 aromatic rings. The molecule has 2 fully saturated rings. The zero-order valence-corrected chi connectivity index (χ0v) is 12.4. The average molecular weight is 293 g/mol. The van der Waals surface area contributed by atoms with E-state index in [0.717, 1.165) is 19.3 Å². The quantitative estimate of drug-likeness (QED) is 0.932. The lowest BCUT2D eigenvalue weighted by molar-refractivity contribution is -0.152. The minimum atomic E-state index is -0.859. The lowest BCUT2D eigenvalue weighted by Crippen LogP contribution is -2.48. The third-order valence-electron chi connectivity index (χ3n) is 4.31. The molecule has 2 aliphatic rings. The minimum absolute atomic E-state index is 0.00741. The summed E-state index contributed by atoms with van der Waals surface area (Å²) in [6.07, 6.45) is 3.29. The minimum Gasteiger partial charge on any atom is -0.480 e. The zero-order valence-electron chi connectivity index (χ0n) is 11.5. The summed E-state index contributed by atoms with van der Waals surface area (Å²) in [5, 5.41) is 9.25. The number of hydrogen-bond donors (Lipinski definition) is 1. The van der Waals surface area contributed by atoms with E-state index < -0.39 is 12.0 Å². The zero-order chi connectivity index (χ0) is 14.3. The Morgan fingerprint density at radius 1 is 1.35 bits per heavy atom. The number of nitrogens with zero attached hydrogens (tertiary/aromatic N) is 1. The van der Waals surface area contributed by atoms with Gasteiger partial charge in [0.15, 0.2) is 0 Å². The van der Waals surface area contributed by atoms with E-state index in [4.69, 9.17) is 0 Å².